The summed E-state index contributed by atoms with van der Waals surface area (Å²) in [6.07, 6.45) is 3.62. The van der Waals surface area contributed by atoms with Gasteiger partial charge in [-0.25, -0.2) is 4.79 Å². The Morgan fingerprint density at radius 2 is 2.00 bits per heavy atom. The molecule has 0 unspecified atom stereocenters. The molecular weight excluding hydrogens is 318 g/mol. The lowest BCUT2D eigenvalue weighted by molar-refractivity contribution is 0.0636. The summed E-state index contributed by atoms with van der Waals surface area (Å²) in [7, 11) is 0. The number of amides is 1. The summed E-state index contributed by atoms with van der Waals surface area (Å²) in [5.41, 5.74) is 2.79. The van der Waals surface area contributed by atoms with Crippen LogP contribution in [0.1, 0.15) is 27.2 Å². The highest BCUT2D eigenvalue weighted by atomic mass is 16.6. The average molecular weight is 343 g/mol. The summed E-state index contributed by atoms with van der Waals surface area (Å²) < 4.78 is 5.31. The van der Waals surface area contributed by atoms with Crippen LogP contribution in [-0.2, 0) is 4.74 Å². The first-order chi connectivity index (χ1) is 11.9. The molecule has 6 heteroatoms. The van der Waals surface area contributed by atoms with Crippen molar-refractivity contribution in [2.75, 3.05) is 23.8 Å². The second kappa shape index (κ2) is 8.48. The first-order valence-electron chi connectivity index (χ1n) is 8.28. The molecule has 134 valence electrons. The molecule has 0 saturated heterocycles. The van der Waals surface area contributed by atoms with Crippen molar-refractivity contribution >= 4 is 17.5 Å². The minimum Gasteiger partial charge on any atom is -0.444 e. The maximum Gasteiger partial charge on any atom is 0.412 e. The van der Waals surface area contributed by atoms with Crippen LogP contribution in [0.5, 0.6) is 0 Å². The number of ether oxygens (including phenoxy) is 1. The largest absolute Gasteiger partial charge is 0.444 e. The summed E-state index contributed by atoms with van der Waals surface area (Å²) in [5, 5.41) is 15.0. The molecule has 1 heterocycles. The Bertz CT molecular complexity index is 697. The van der Waals surface area contributed by atoms with Gasteiger partial charge in [-0.1, -0.05) is 12.1 Å². The summed E-state index contributed by atoms with van der Waals surface area (Å²) in [6, 6.07) is 9.54. The smallest absolute Gasteiger partial charge is 0.412 e. The van der Waals surface area contributed by atoms with E-state index in [0.717, 1.165) is 16.8 Å². The molecule has 0 spiro atoms. The second-order valence-corrected chi connectivity index (χ2v) is 6.63. The van der Waals surface area contributed by atoms with Crippen molar-refractivity contribution in [1.29, 1.82) is 0 Å². The van der Waals surface area contributed by atoms with Crippen LogP contribution in [0, 0.1) is 0 Å². The summed E-state index contributed by atoms with van der Waals surface area (Å²) in [4.78, 5) is 16.2. The molecule has 1 amide bonds. The van der Waals surface area contributed by atoms with Crippen LogP contribution < -0.4 is 10.6 Å². The van der Waals surface area contributed by atoms with Gasteiger partial charge in [0.25, 0.3) is 0 Å². The minimum atomic E-state index is -0.565. The molecule has 6 nitrogen and oxygen atoms in total. The maximum absolute atomic E-state index is 12.1. The van der Waals surface area contributed by atoms with E-state index in [1.54, 1.807) is 12.4 Å². The number of nitrogens with zero attached hydrogens (tertiary/aromatic N) is 1. The van der Waals surface area contributed by atoms with Crippen LogP contribution in [0.3, 0.4) is 0 Å². The molecule has 0 radical (unpaired) electrons. The zero-order valence-corrected chi connectivity index (χ0v) is 14.9. The number of carbonyl (C=O) groups is 1. The van der Waals surface area contributed by atoms with Gasteiger partial charge in [0, 0.05) is 31.1 Å². The SMILES string of the molecule is CC(C)(C)OC(=O)Nc1ccc(-c2cccnc2)cc1NCCCO. The van der Waals surface area contributed by atoms with Gasteiger partial charge in [0.1, 0.15) is 5.60 Å². The van der Waals surface area contributed by atoms with Gasteiger partial charge in [-0.2, -0.15) is 0 Å². The lowest BCUT2D eigenvalue weighted by Gasteiger charge is -2.21. The van der Waals surface area contributed by atoms with Gasteiger partial charge in [-0.15, -0.1) is 0 Å². The number of nitrogens with one attached hydrogen (secondary N) is 2. The molecule has 0 aliphatic rings. The number of rotatable bonds is 6. The third-order valence-electron chi connectivity index (χ3n) is 3.30. The van der Waals surface area contributed by atoms with Gasteiger partial charge in [-0.05, 0) is 51.0 Å². The molecule has 0 aliphatic heterocycles. The zero-order valence-electron chi connectivity index (χ0n) is 14.9. The molecule has 2 aromatic rings. The quantitative estimate of drug-likeness (QED) is 0.693. The Morgan fingerprint density at radius 3 is 2.64 bits per heavy atom. The topological polar surface area (TPSA) is 83.5 Å². The highest BCUT2D eigenvalue weighted by Crippen LogP contribution is 2.29. The van der Waals surface area contributed by atoms with Gasteiger partial charge in [0.15, 0.2) is 0 Å². The molecule has 3 N–H and O–H groups in total. The van der Waals surface area contributed by atoms with Crippen molar-refractivity contribution in [2.24, 2.45) is 0 Å². The molecule has 25 heavy (non-hydrogen) atoms. The molecule has 2 rings (SSSR count). The molecule has 0 bridgehead atoms. The van der Waals surface area contributed by atoms with Crippen LogP contribution in [0.2, 0.25) is 0 Å². The van der Waals surface area contributed by atoms with Crippen LogP contribution in [-0.4, -0.2) is 34.9 Å². The Balaban J connectivity index is 2.23. The Morgan fingerprint density at radius 1 is 1.20 bits per heavy atom. The van der Waals surface area contributed by atoms with Crippen molar-refractivity contribution in [1.82, 2.24) is 4.98 Å². The molecule has 0 saturated carbocycles. The summed E-state index contributed by atoms with van der Waals surface area (Å²) >= 11 is 0. The predicted octanol–water partition coefficient (Wildman–Crippen LogP) is 3.89. The van der Waals surface area contributed by atoms with E-state index < -0.39 is 11.7 Å². The molecular formula is C19H25N3O3. The zero-order chi connectivity index (χ0) is 18.3. The number of pyridine rings is 1. The number of hydrogen-bond donors (Lipinski definition) is 3. The van der Waals surface area contributed by atoms with E-state index in [-0.39, 0.29) is 6.61 Å². The number of aliphatic hydroxyl groups is 1. The van der Waals surface area contributed by atoms with Gasteiger partial charge >= 0.3 is 6.09 Å². The molecule has 0 fully saturated rings. The highest BCUT2D eigenvalue weighted by Gasteiger charge is 2.17. The third kappa shape index (κ3) is 6.08. The normalized spacial score (nSPS) is 11.0. The van der Waals surface area contributed by atoms with Gasteiger partial charge in [0.2, 0.25) is 0 Å². The fraction of sp³-hybridized carbons (Fsp3) is 0.368. The lowest BCUT2D eigenvalue weighted by Crippen LogP contribution is -2.27. The average Bonchev–Trinajstić information content (AvgIpc) is 2.55. The minimum absolute atomic E-state index is 0.101. The van der Waals surface area contributed by atoms with Gasteiger partial charge < -0.3 is 15.2 Å². The first kappa shape index (κ1) is 18.7. The number of benzene rings is 1. The third-order valence-corrected chi connectivity index (χ3v) is 3.30. The van der Waals surface area contributed by atoms with Crippen LogP contribution in [0.25, 0.3) is 11.1 Å². The van der Waals surface area contributed by atoms with E-state index in [1.807, 2.05) is 51.1 Å². The standard InChI is InChI=1S/C19H25N3O3/c1-19(2,3)25-18(24)22-16-8-7-14(15-6-4-9-20-13-15)12-17(16)21-10-5-11-23/h4,6-9,12-13,21,23H,5,10-11H2,1-3H3,(H,22,24). The fourth-order valence-electron chi connectivity index (χ4n) is 2.23. The Hall–Kier alpha value is -2.60. The monoisotopic (exact) mass is 343 g/mol. The molecule has 0 aliphatic carbocycles. The van der Waals surface area contributed by atoms with E-state index in [1.165, 1.54) is 0 Å². The van der Waals surface area contributed by atoms with Crippen LogP contribution in [0.15, 0.2) is 42.7 Å². The van der Waals surface area contributed by atoms with Crippen molar-refractivity contribution in [3.05, 3.63) is 42.7 Å². The van der Waals surface area contributed by atoms with E-state index in [9.17, 15) is 4.79 Å². The molecule has 1 aromatic heterocycles. The number of anilines is 2. The number of carbonyl (C=O) groups excluding carboxylic acids is 1. The van der Waals surface area contributed by atoms with Crippen molar-refractivity contribution in [3.8, 4) is 11.1 Å². The van der Waals surface area contributed by atoms with Crippen LogP contribution >= 0.6 is 0 Å². The van der Waals surface area contributed by atoms with Crippen molar-refractivity contribution < 1.29 is 14.6 Å². The summed E-state index contributed by atoms with van der Waals surface area (Å²) in [6.45, 7) is 6.15. The van der Waals surface area contributed by atoms with Gasteiger partial charge in [0.05, 0.1) is 11.4 Å². The molecule has 1 aromatic carbocycles. The van der Waals surface area contributed by atoms with E-state index in [2.05, 4.69) is 15.6 Å². The first-order valence-corrected chi connectivity index (χ1v) is 8.28. The second-order valence-electron chi connectivity index (χ2n) is 6.63. The maximum atomic E-state index is 12.1. The highest BCUT2D eigenvalue weighted by molar-refractivity contribution is 5.91. The Kier molecular flexibility index (Phi) is 6.36. The predicted molar refractivity (Wildman–Crippen MR) is 99.7 cm³/mol. The Labute approximate surface area is 148 Å². The number of hydrogen-bond acceptors (Lipinski definition) is 5. The lowest BCUT2D eigenvalue weighted by atomic mass is 10.1. The fourth-order valence-corrected chi connectivity index (χ4v) is 2.23. The van der Waals surface area contributed by atoms with Crippen LogP contribution in [0.4, 0.5) is 16.2 Å². The van der Waals surface area contributed by atoms with E-state index in [0.29, 0.717) is 18.7 Å². The van der Waals surface area contributed by atoms with E-state index in [4.69, 9.17) is 9.84 Å². The van der Waals surface area contributed by atoms with E-state index >= 15 is 0 Å². The number of aliphatic hydroxyl groups excluding tert-OH is 1. The summed E-state index contributed by atoms with van der Waals surface area (Å²) in [5.74, 6) is 0. The van der Waals surface area contributed by atoms with Gasteiger partial charge in [-0.3, -0.25) is 10.3 Å². The number of aromatic nitrogens is 1. The van der Waals surface area contributed by atoms with Crippen molar-refractivity contribution in [2.45, 2.75) is 32.8 Å². The van der Waals surface area contributed by atoms with Crippen molar-refractivity contribution in [3.63, 3.8) is 0 Å². The molecule has 0 atom stereocenters.